The molecule has 1 aromatic carbocycles. The summed E-state index contributed by atoms with van der Waals surface area (Å²) in [4.78, 5) is 13.3. The van der Waals surface area contributed by atoms with Gasteiger partial charge in [0.05, 0.1) is 29.1 Å². The quantitative estimate of drug-likeness (QED) is 0.537. The second kappa shape index (κ2) is 8.99. The summed E-state index contributed by atoms with van der Waals surface area (Å²) in [5, 5.41) is 16.8. The predicted octanol–water partition coefficient (Wildman–Crippen LogP) is 4.67. The van der Waals surface area contributed by atoms with Gasteiger partial charge in [-0.15, -0.1) is 0 Å². The number of hydrogen-bond donors (Lipinski definition) is 3. The van der Waals surface area contributed by atoms with Crippen LogP contribution in [0, 0.1) is 12.8 Å². The van der Waals surface area contributed by atoms with Gasteiger partial charge in [-0.05, 0) is 42.7 Å². The van der Waals surface area contributed by atoms with Gasteiger partial charge >= 0.3 is 0 Å². The van der Waals surface area contributed by atoms with Crippen LogP contribution in [-0.4, -0.2) is 32.7 Å². The average molecular weight is 398 g/mol. The third-order valence-corrected chi connectivity index (χ3v) is 4.70. The van der Waals surface area contributed by atoms with Crippen LogP contribution in [-0.2, 0) is 0 Å². The molecule has 0 aliphatic carbocycles. The van der Waals surface area contributed by atoms with Gasteiger partial charge in [-0.25, -0.2) is 4.98 Å². The number of anilines is 3. The zero-order valence-corrected chi connectivity index (χ0v) is 16.9. The zero-order chi connectivity index (χ0) is 20.1. The van der Waals surface area contributed by atoms with E-state index in [-0.39, 0.29) is 18.6 Å². The van der Waals surface area contributed by atoms with Gasteiger partial charge in [0.2, 0.25) is 5.95 Å². The lowest BCUT2D eigenvalue weighted by Crippen LogP contribution is -2.30. The van der Waals surface area contributed by atoms with Gasteiger partial charge in [-0.1, -0.05) is 31.5 Å². The van der Waals surface area contributed by atoms with Gasteiger partial charge in [-0.3, -0.25) is 4.98 Å². The number of halogens is 1. The lowest BCUT2D eigenvalue weighted by molar-refractivity contribution is 0.248. The van der Waals surface area contributed by atoms with E-state index in [1.54, 1.807) is 12.4 Å². The highest BCUT2D eigenvalue weighted by atomic mass is 35.5. The average Bonchev–Trinajstić information content (AvgIpc) is 2.68. The van der Waals surface area contributed by atoms with Gasteiger partial charge in [0, 0.05) is 24.0 Å². The molecule has 6 nitrogen and oxygen atoms in total. The molecule has 0 saturated heterocycles. The molecule has 0 radical (unpaired) electrons. The van der Waals surface area contributed by atoms with Gasteiger partial charge in [0.1, 0.15) is 5.82 Å². The highest BCUT2D eigenvalue weighted by molar-refractivity contribution is 6.33. The maximum atomic E-state index is 9.65. The number of pyridine rings is 1. The number of aliphatic hydroxyl groups excluding tert-OH is 1. The summed E-state index contributed by atoms with van der Waals surface area (Å²) >= 11 is 6.36. The third kappa shape index (κ3) is 4.97. The summed E-state index contributed by atoms with van der Waals surface area (Å²) in [5.41, 5.74) is 3.43. The van der Waals surface area contributed by atoms with Crippen LogP contribution in [0.2, 0.25) is 5.02 Å². The molecule has 7 heteroatoms. The normalized spacial score (nSPS) is 12.1. The second-order valence-electron chi connectivity index (χ2n) is 6.99. The molecule has 3 N–H and O–H groups in total. The Hall–Kier alpha value is -2.70. The van der Waals surface area contributed by atoms with Crippen molar-refractivity contribution in [3.05, 3.63) is 59.4 Å². The van der Waals surface area contributed by atoms with Crippen LogP contribution >= 0.6 is 11.6 Å². The molecular weight excluding hydrogens is 374 g/mol. The summed E-state index contributed by atoms with van der Waals surface area (Å²) in [7, 11) is 0. The standard InChI is InChI=1S/C21H24ClN5O/c1-13(2)19(12-28)26-21-25-18(15-5-4-8-23-11-15)10-20(27-21)24-17-7-6-14(3)9-16(17)22/h4-11,13,19,28H,12H2,1-3H3,(H2,24,25,26,27)/t19-/m0/s1. The fourth-order valence-corrected chi connectivity index (χ4v) is 2.97. The molecule has 3 aromatic rings. The van der Waals surface area contributed by atoms with E-state index in [9.17, 15) is 5.11 Å². The van der Waals surface area contributed by atoms with Crippen LogP contribution in [0.4, 0.5) is 17.5 Å². The van der Waals surface area contributed by atoms with Crippen molar-refractivity contribution in [2.45, 2.75) is 26.8 Å². The number of aromatic nitrogens is 3. The molecule has 0 saturated carbocycles. The van der Waals surface area contributed by atoms with Crippen molar-refractivity contribution in [2.75, 3.05) is 17.2 Å². The summed E-state index contributed by atoms with van der Waals surface area (Å²) in [6.45, 7) is 6.04. The molecule has 28 heavy (non-hydrogen) atoms. The summed E-state index contributed by atoms with van der Waals surface area (Å²) < 4.78 is 0. The first kappa shape index (κ1) is 20.0. The Kier molecular flexibility index (Phi) is 6.44. The Bertz CT molecular complexity index is 933. The third-order valence-electron chi connectivity index (χ3n) is 4.39. The van der Waals surface area contributed by atoms with Crippen molar-refractivity contribution in [3.8, 4) is 11.3 Å². The second-order valence-corrected chi connectivity index (χ2v) is 7.40. The van der Waals surface area contributed by atoms with Gasteiger partial charge < -0.3 is 15.7 Å². The van der Waals surface area contributed by atoms with Crippen molar-refractivity contribution in [2.24, 2.45) is 5.92 Å². The van der Waals surface area contributed by atoms with Gasteiger partial charge in [-0.2, -0.15) is 4.98 Å². The minimum absolute atomic E-state index is 0.00923. The largest absolute Gasteiger partial charge is 0.394 e. The predicted molar refractivity (Wildman–Crippen MR) is 114 cm³/mol. The maximum absolute atomic E-state index is 9.65. The van der Waals surface area contributed by atoms with E-state index in [2.05, 4.69) is 25.6 Å². The molecule has 0 fully saturated rings. The fraction of sp³-hybridized carbons (Fsp3) is 0.286. The molecule has 146 valence electrons. The smallest absolute Gasteiger partial charge is 0.225 e. The van der Waals surface area contributed by atoms with Crippen molar-refractivity contribution in [3.63, 3.8) is 0 Å². The van der Waals surface area contributed by atoms with Gasteiger partial charge in [0.25, 0.3) is 0 Å². The SMILES string of the molecule is Cc1ccc(Nc2cc(-c3cccnc3)nc(N[C@@H](CO)C(C)C)n2)c(Cl)c1. The van der Waals surface area contributed by atoms with Crippen LogP contribution in [0.15, 0.2) is 48.8 Å². The minimum atomic E-state index is -0.153. The molecule has 3 rings (SSSR count). The Morgan fingerprint density at radius 2 is 1.96 bits per heavy atom. The molecule has 0 amide bonds. The number of nitrogens with zero attached hydrogens (tertiary/aromatic N) is 3. The van der Waals surface area contributed by atoms with E-state index in [0.717, 1.165) is 22.5 Å². The minimum Gasteiger partial charge on any atom is -0.394 e. The Labute approximate surface area is 170 Å². The van der Waals surface area contributed by atoms with Crippen LogP contribution < -0.4 is 10.6 Å². The number of benzene rings is 1. The van der Waals surface area contributed by atoms with E-state index < -0.39 is 0 Å². The molecule has 0 aliphatic heterocycles. The van der Waals surface area contributed by atoms with Crippen LogP contribution in [0.3, 0.4) is 0 Å². The Balaban J connectivity index is 1.99. The van der Waals surface area contributed by atoms with E-state index in [1.807, 2.05) is 57.2 Å². The number of aliphatic hydroxyl groups is 1. The summed E-state index contributed by atoms with van der Waals surface area (Å²) in [5.74, 6) is 1.25. The molecule has 0 bridgehead atoms. The number of aryl methyl sites for hydroxylation is 1. The van der Waals surface area contributed by atoms with E-state index in [0.29, 0.717) is 16.8 Å². The van der Waals surface area contributed by atoms with Crippen molar-refractivity contribution in [1.29, 1.82) is 0 Å². The van der Waals surface area contributed by atoms with Gasteiger partial charge in [0.15, 0.2) is 0 Å². The first-order chi connectivity index (χ1) is 13.5. The summed E-state index contributed by atoms with van der Waals surface area (Å²) in [6, 6.07) is 11.3. The lowest BCUT2D eigenvalue weighted by Gasteiger charge is -2.21. The van der Waals surface area contributed by atoms with Crippen LogP contribution in [0.5, 0.6) is 0 Å². The van der Waals surface area contributed by atoms with Crippen molar-refractivity contribution in [1.82, 2.24) is 15.0 Å². The highest BCUT2D eigenvalue weighted by Crippen LogP contribution is 2.28. The van der Waals surface area contributed by atoms with E-state index in [1.165, 1.54) is 0 Å². The monoisotopic (exact) mass is 397 g/mol. The van der Waals surface area contributed by atoms with Crippen LogP contribution in [0.1, 0.15) is 19.4 Å². The first-order valence-electron chi connectivity index (χ1n) is 9.16. The van der Waals surface area contributed by atoms with Crippen molar-refractivity contribution >= 4 is 29.1 Å². The van der Waals surface area contributed by atoms with Crippen molar-refractivity contribution < 1.29 is 5.11 Å². The maximum Gasteiger partial charge on any atom is 0.225 e. The topological polar surface area (TPSA) is 83.0 Å². The van der Waals surface area contributed by atoms with Crippen LogP contribution in [0.25, 0.3) is 11.3 Å². The first-order valence-corrected chi connectivity index (χ1v) is 9.54. The molecule has 2 heterocycles. The number of hydrogen-bond acceptors (Lipinski definition) is 6. The molecule has 0 spiro atoms. The number of rotatable bonds is 7. The van der Waals surface area contributed by atoms with E-state index in [4.69, 9.17) is 11.6 Å². The van der Waals surface area contributed by atoms with E-state index >= 15 is 0 Å². The lowest BCUT2D eigenvalue weighted by atomic mass is 10.1. The molecule has 0 unspecified atom stereocenters. The Morgan fingerprint density at radius 1 is 1.14 bits per heavy atom. The molecule has 0 aliphatic rings. The summed E-state index contributed by atoms with van der Waals surface area (Å²) in [6.07, 6.45) is 3.47. The molecular formula is C21H24ClN5O. The number of nitrogens with one attached hydrogen (secondary N) is 2. The molecule has 1 atom stereocenters. The zero-order valence-electron chi connectivity index (χ0n) is 16.1. The Morgan fingerprint density at radius 3 is 2.61 bits per heavy atom. The fourth-order valence-electron chi connectivity index (χ4n) is 2.69. The molecule has 2 aromatic heterocycles. The highest BCUT2D eigenvalue weighted by Gasteiger charge is 2.15.